The molecule has 1 amide bonds. The largest absolute Gasteiger partial charge is 0.462 e. The number of aromatic nitrogens is 2. The number of piperidine rings is 1. The summed E-state index contributed by atoms with van der Waals surface area (Å²) < 4.78 is 46.0. The van der Waals surface area contributed by atoms with E-state index in [0.717, 1.165) is 6.20 Å². The van der Waals surface area contributed by atoms with Crippen molar-refractivity contribution in [1.82, 2.24) is 14.7 Å². The van der Waals surface area contributed by atoms with Crippen molar-refractivity contribution in [2.75, 3.05) is 19.7 Å². The normalized spacial score (nSPS) is 17.3. The van der Waals surface area contributed by atoms with Crippen molar-refractivity contribution in [2.24, 2.45) is 0 Å². The van der Waals surface area contributed by atoms with Gasteiger partial charge in [0.15, 0.2) is 5.69 Å². The van der Waals surface area contributed by atoms with Crippen LogP contribution in [0.5, 0.6) is 0 Å². The fraction of sp³-hybridized carbons (Fsp3) is 0.421. The number of carbonyl (C=O) groups excluding carboxylic acids is 2. The van der Waals surface area contributed by atoms with Crippen LogP contribution in [0.4, 0.5) is 13.2 Å². The van der Waals surface area contributed by atoms with E-state index >= 15 is 0 Å². The average Bonchev–Trinajstić information content (AvgIpc) is 3.13. The summed E-state index contributed by atoms with van der Waals surface area (Å²) in [7, 11) is 0. The molecule has 0 radical (unpaired) electrons. The van der Waals surface area contributed by atoms with Crippen LogP contribution in [0, 0.1) is 0 Å². The van der Waals surface area contributed by atoms with E-state index in [1.165, 1.54) is 36.1 Å². The molecule has 2 heterocycles. The molecule has 1 fully saturated rings. The predicted octanol–water partition coefficient (Wildman–Crippen LogP) is 2.66. The summed E-state index contributed by atoms with van der Waals surface area (Å²) in [4.78, 5) is 25.9. The van der Waals surface area contributed by atoms with E-state index in [-0.39, 0.29) is 30.3 Å². The predicted molar refractivity (Wildman–Crippen MR) is 95.7 cm³/mol. The first-order valence-electron chi connectivity index (χ1n) is 9.12. The summed E-state index contributed by atoms with van der Waals surface area (Å²) in [5, 5.41) is 13.4. The van der Waals surface area contributed by atoms with E-state index in [1.807, 2.05) is 0 Å². The Labute approximate surface area is 164 Å². The highest BCUT2D eigenvalue weighted by Gasteiger charge is 2.41. The van der Waals surface area contributed by atoms with Crippen molar-refractivity contribution in [3.8, 4) is 5.69 Å². The third-order valence-corrected chi connectivity index (χ3v) is 4.58. The van der Waals surface area contributed by atoms with Crippen molar-refractivity contribution in [3.63, 3.8) is 0 Å². The molecule has 29 heavy (non-hydrogen) atoms. The molecule has 7 nitrogen and oxygen atoms in total. The highest BCUT2D eigenvalue weighted by atomic mass is 19.4. The first-order chi connectivity index (χ1) is 13.7. The Kier molecular flexibility index (Phi) is 5.92. The number of aliphatic hydroxyl groups excluding tert-OH is 1. The number of amides is 1. The molecule has 0 saturated carbocycles. The standard InChI is InChI=1S/C19H20F3N3O4/c1-2-29-18(28)15-10-23-25(16(15)19(20,21)22)13-7-5-12(6-8-13)17(27)24-9-3-4-14(26)11-24/h5-8,10,14,26H,2-4,9,11H2,1H3. The lowest BCUT2D eigenvalue weighted by Crippen LogP contribution is -2.42. The molecule has 1 saturated heterocycles. The zero-order valence-corrected chi connectivity index (χ0v) is 15.6. The van der Waals surface area contributed by atoms with E-state index < -0.39 is 29.5 Å². The SMILES string of the molecule is CCOC(=O)c1cnn(-c2ccc(C(=O)N3CCCC(O)C3)cc2)c1C(F)(F)F. The van der Waals surface area contributed by atoms with E-state index in [9.17, 15) is 27.9 Å². The maximum atomic E-state index is 13.6. The Hall–Kier alpha value is -2.88. The second-order valence-electron chi connectivity index (χ2n) is 6.63. The topological polar surface area (TPSA) is 84.7 Å². The molecule has 1 unspecified atom stereocenters. The van der Waals surface area contributed by atoms with Crippen LogP contribution in [0.15, 0.2) is 30.5 Å². The number of esters is 1. The summed E-state index contributed by atoms with van der Waals surface area (Å²) in [6.45, 7) is 2.16. The van der Waals surface area contributed by atoms with E-state index in [0.29, 0.717) is 24.1 Å². The van der Waals surface area contributed by atoms with Crippen LogP contribution in [0.3, 0.4) is 0 Å². The summed E-state index contributed by atoms with van der Waals surface area (Å²) in [5.74, 6) is -1.42. The number of hydrogen-bond acceptors (Lipinski definition) is 5. The van der Waals surface area contributed by atoms with E-state index in [4.69, 9.17) is 0 Å². The van der Waals surface area contributed by atoms with Gasteiger partial charge in [0.1, 0.15) is 5.56 Å². The van der Waals surface area contributed by atoms with Crippen LogP contribution in [0.25, 0.3) is 5.69 Å². The third kappa shape index (κ3) is 4.42. The number of β-amino-alcohol motifs (C(OH)–C–C–N with tert-alkyl or cyclic N) is 1. The second-order valence-corrected chi connectivity index (χ2v) is 6.63. The monoisotopic (exact) mass is 411 g/mol. The first-order valence-corrected chi connectivity index (χ1v) is 9.12. The van der Waals surface area contributed by atoms with Gasteiger partial charge in [-0.15, -0.1) is 0 Å². The Balaban J connectivity index is 1.90. The van der Waals surface area contributed by atoms with Crippen LogP contribution in [0.2, 0.25) is 0 Å². The lowest BCUT2D eigenvalue weighted by molar-refractivity contribution is -0.143. The molecule has 156 valence electrons. The van der Waals surface area contributed by atoms with Gasteiger partial charge < -0.3 is 14.7 Å². The maximum absolute atomic E-state index is 13.6. The highest BCUT2D eigenvalue weighted by molar-refractivity contribution is 5.94. The van der Waals surface area contributed by atoms with Gasteiger partial charge in [0, 0.05) is 18.7 Å². The summed E-state index contributed by atoms with van der Waals surface area (Å²) in [6, 6.07) is 5.44. The smallest absolute Gasteiger partial charge is 0.434 e. The highest BCUT2D eigenvalue weighted by Crippen LogP contribution is 2.34. The molecule has 1 aromatic heterocycles. The zero-order valence-electron chi connectivity index (χ0n) is 15.6. The van der Waals surface area contributed by atoms with E-state index in [1.54, 1.807) is 0 Å². The molecule has 1 N–H and O–H groups in total. The van der Waals surface area contributed by atoms with Gasteiger partial charge in [-0.05, 0) is 44.0 Å². The summed E-state index contributed by atoms with van der Waals surface area (Å²) >= 11 is 0. The minimum absolute atomic E-state index is 0.0445. The minimum atomic E-state index is -4.84. The number of carbonyl (C=O) groups is 2. The van der Waals surface area contributed by atoms with Crippen molar-refractivity contribution < 1.29 is 32.6 Å². The van der Waals surface area contributed by atoms with Crippen LogP contribution >= 0.6 is 0 Å². The molecule has 0 bridgehead atoms. The van der Waals surface area contributed by atoms with Gasteiger partial charge in [0.25, 0.3) is 5.91 Å². The number of benzene rings is 1. The van der Waals surface area contributed by atoms with E-state index in [2.05, 4.69) is 9.84 Å². The van der Waals surface area contributed by atoms with Gasteiger partial charge in [-0.3, -0.25) is 4.79 Å². The fourth-order valence-corrected chi connectivity index (χ4v) is 3.24. The molecule has 0 spiro atoms. The number of ether oxygens (including phenoxy) is 1. The molecule has 0 aliphatic carbocycles. The Bertz CT molecular complexity index is 893. The van der Waals surface area contributed by atoms with Crippen molar-refractivity contribution in [2.45, 2.75) is 32.0 Å². The van der Waals surface area contributed by atoms with Crippen molar-refractivity contribution in [3.05, 3.63) is 47.3 Å². The Morgan fingerprint density at radius 3 is 2.55 bits per heavy atom. The molecule has 1 aliphatic heterocycles. The number of alkyl halides is 3. The quantitative estimate of drug-likeness (QED) is 0.782. The zero-order chi connectivity index (χ0) is 21.2. The van der Waals surface area contributed by atoms with Crippen molar-refractivity contribution >= 4 is 11.9 Å². The number of aliphatic hydroxyl groups is 1. The van der Waals surface area contributed by atoms with Gasteiger partial charge in [-0.1, -0.05) is 0 Å². The maximum Gasteiger partial charge on any atom is 0.434 e. The van der Waals surface area contributed by atoms with Gasteiger partial charge in [-0.2, -0.15) is 18.3 Å². The molecule has 1 aliphatic rings. The number of hydrogen-bond donors (Lipinski definition) is 1. The summed E-state index contributed by atoms with van der Waals surface area (Å²) in [5.41, 5.74) is -1.59. The Morgan fingerprint density at radius 2 is 1.97 bits per heavy atom. The lowest BCUT2D eigenvalue weighted by Gasteiger charge is -2.30. The lowest BCUT2D eigenvalue weighted by atomic mass is 10.1. The molecule has 3 rings (SSSR count). The van der Waals surface area contributed by atoms with Crippen molar-refractivity contribution in [1.29, 1.82) is 0 Å². The molecular weight excluding hydrogens is 391 g/mol. The third-order valence-electron chi connectivity index (χ3n) is 4.58. The Morgan fingerprint density at radius 1 is 1.28 bits per heavy atom. The minimum Gasteiger partial charge on any atom is -0.462 e. The molecule has 10 heteroatoms. The summed E-state index contributed by atoms with van der Waals surface area (Å²) in [6.07, 6.45) is -3.28. The molecule has 1 aromatic carbocycles. The number of rotatable bonds is 4. The number of likely N-dealkylation sites (tertiary alicyclic amines) is 1. The van der Waals surface area contributed by atoms with Gasteiger partial charge in [0.2, 0.25) is 0 Å². The van der Waals surface area contributed by atoms with Gasteiger partial charge in [0.05, 0.1) is 24.6 Å². The van der Waals surface area contributed by atoms with Crippen LogP contribution in [-0.2, 0) is 10.9 Å². The second kappa shape index (κ2) is 8.24. The van der Waals surface area contributed by atoms with Gasteiger partial charge >= 0.3 is 12.1 Å². The average molecular weight is 411 g/mol. The first kappa shape index (κ1) is 20.8. The number of nitrogens with zero attached hydrogens (tertiary/aromatic N) is 3. The van der Waals surface area contributed by atoms with Crippen LogP contribution in [0.1, 0.15) is 46.2 Å². The fourth-order valence-electron chi connectivity index (χ4n) is 3.24. The molecule has 1 atom stereocenters. The molecule has 2 aromatic rings. The van der Waals surface area contributed by atoms with Gasteiger partial charge in [-0.25, -0.2) is 9.48 Å². The molecular formula is C19H20F3N3O4. The van der Waals surface area contributed by atoms with Crippen LogP contribution < -0.4 is 0 Å². The van der Waals surface area contributed by atoms with Crippen LogP contribution in [-0.4, -0.2) is 57.5 Å². The number of halogens is 3.